The number of hydrogen-bond acceptors (Lipinski definition) is 5. The smallest absolute Gasteiger partial charge is 0.340 e. The molecule has 2 aromatic carbocycles. The lowest BCUT2D eigenvalue weighted by molar-refractivity contribution is -0.119. The number of nitrogens with one attached hydrogen (secondary N) is 1. The Morgan fingerprint density at radius 3 is 2.48 bits per heavy atom. The van der Waals surface area contributed by atoms with Crippen molar-refractivity contribution in [3.63, 3.8) is 0 Å². The van der Waals surface area contributed by atoms with Crippen molar-refractivity contribution in [2.75, 3.05) is 43.1 Å². The molecule has 1 fully saturated rings. The molecule has 0 saturated carbocycles. The molecule has 0 aliphatic carbocycles. The predicted molar refractivity (Wildman–Crippen MR) is 105 cm³/mol. The van der Waals surface area contributed by atoms with Crippen LogP contribution in [0.2, 0.25) is 10.0 Å². The lowest BCUT2D eigenvalue weighted by Crippen LogP contribution is -2.36. The van der Waals surface area contributed by atoms with Crippen molar-refractivity contribution in [3.8, 4) is 0 Å². The van der Waals surface area contributed by atoms with Crippen LogP contribution < -0.4 is 10.2 Å². The minimum Gasteiger partial charge on any atom is -0.452 e. The second kappa shape index (κ2) is 9.08. The van der Waals surface area contributed by atoms with Gasteiger partial charge in [-0.1, -0.05) is 29.3 Å². The van der Waals surface area contributed by atoms with Crippen LogP contribution in [0.4, 0.5) is 11.4 Å². The van der Waals surface area contributed by atoms with Gasteiger partial charge in [-0.25, -0.2) is 4.79 Å². The van der Waals surface area contributed by atoms with Gasteiger partial charge in [-0.15, -0.1) is 0 Å². The summed E-state index contributed by atoms with van der Waals surface area (Å²) in [6, 6.07) is 12.1. The van der Waals surface area contributed by atoms with Gasteiger partial charge in [0, 0.05) is 24.5 Å². The zero-order chi connectivity index (χ0) is 19.2. The van der Waals surface area contributed by atoms with Crippen LogP contribution in [0.25, 0.3) is 0 Å². The molecule has 2 aromatic rings. The highest BCUT2D eigenvalue weighted by Gasteiger charge is 2.16. The first-order valence-corrected chi connectivity index (χ1v) is 9.14. The summed E-state index contributed by atoms with van der Waals surface area (Å²) < 4.78 is 10.3. The van der Waals surface area contributed by atoms with Crippen LogP contribution in [-0.4, -0.2) is 44.8 Å². The number of benzene rings is 2. The van der Waals surface area contributed by atoms with E-state index in [1.54, 1.807) is 24.3 Å². The van der Waals surface area contributed by atoms with Crippen LogP contribution in [-0.2, 0) is 14.3 Å². The Bertz CT molecular complexity index is 821. The van der Waals surface area contributed by atoms with Crippen molar-refractivity contribution in [3.05, 3.63) is 58.1 Å². The number of carbonyl (C=O) groups is 2. The molecule has 0 aromatic heterocycles. The zero-order valence-corrected chi connectivity index (χ0v) is 15.9. The number of amides is 1. The Morgan fingerprint density at radius 1 is 1.07 bits per heavy atom. The van der Waals surface area contributed by atoms with Gasteiger partial charge in [0.15, 0.2) is 6.61 Å². The summed E-state index contributed by atoms with van der Waals surface area (Å²) in [6.45, 7) is 2.68. The molecule has 0 spiro atoms. The zero-order valence-electron chi connectivity index (χ0n) is 14.4. The van der Waals surface area contributed by atoms with Gasteiger partial charge in [0.25, 0.3) is 5.91 Å². The molecule has 3 rings (SSSR count). The first-order valence-electron chi connectivity index (χ1n) is 8.38. The molecular weight excluding hydrogens is 391 g/mol. The molecular formula is C19H18Cl2N2O4. The molecule has 1 N–H and O–H groups in total. The summed E-state index contributed by atoms with van der Waals surface area (Å²) >= 11 is 11.8. The van der Waals surface area contributed by atoms with Crippen LogP contribution in [0.1, 0.15) is 10.4 Å². The SMILES string of the molecule is O=C(COC(=O)c1cccc(Cl)c1Cl)Nc1ccc(N2CCOCC2)cc1. The molecule has 1 saturated heterocycles. The molecule has 1 heterocycles. The van der Waals surface area contributed by atoms with Crippen LogP contribution >= 0.6 is 23.2 Å². The predicted octanol–water partition coefficient (Wildman–Crippen LogP) is 3.63. The van der Waals surface area contributed by atoms with Crippen molar-refractivity contribution < 1.29 is 19.1 Å². The average Bonchev–Trinajstić information content (AvgIpc) is 2.69. The Kier molecular flexibility index (Phi) is 6.55. The lowest BCUT2D eigenvalue weighted by Gasteiger charge is -2.28. The van der Waals surface area contributed by atoms with E-state index in [4.69, 9.17) is 32.7 Å². The van der Waals surface area contributed by atoms with Gasteiger partial charge in [-0.3, -0.25) is 4.79 Å². The van der Waals surface area contributed by atoms with E-state index >= 15 is 0 Å². The topological polar surface area (TPSA) is 67.9 Å². The Labute approximate surface area is 167 Å². The molecule has 8 heteroatoms. The summed E-state index contributed by atoms with van der Waals surface area (Å²) in [6.07, 6.45) is 0. The second-order valence-electron chi connectivity index (χ2n) is 5.87. The molecule has 1 aliphatic rings. The minimum atomic E-state index is -0.708. The van der Waals surface area contributed by atoms with E-state index < -0.39 is 18.5 Å². The van der Waals surface area contributed by atoms with E-state index in [1.807, 2.05) is 12.1 Å². The summed E-state index contributed by atoms with van der Waals surface area (Å²) in [7, 11) is 0. The molecule has 1 amide bonds. The van der Waals surface area contributed by atoms with Crippen molar-refractivity contribution >= 4 is 46.5 Å². The van der Waals surface area contributed by atoms with Gasteiger partial charge in [-0.05, 0) is 36.4 Å². The van der Waals surface area contributed by atoms with Gasteiger partial charge in [0.1, 0.15) is 0 Å². The van der Waals surface area contributed by atoms with Crippen LogP contribution in [0.15, 0.2) is 42.5 Å². The summed E-state index contributed by atoms with van der Waals surface area (Å²) in [5.41, 5.74) is 1.80. The highest BCUT2D eigenvalue weighted by molar-refractivity contribution is 6.43. The first kappa shape index (κ1) is 19.5. The van der Waals surface area contributed by atoms with Gasteiger partial charge in [0.2, 0.25) is 0 Å². The largest absolute Gasteiger partial charge is 0.452 e. The number of carbonyl (C=O) groups excluding carboxylic acids is 2. The fourth-order valence-electron chi connectivity index (χ4n) is 2.64. The third-order valence-corrected chi connectivity index (χ3v) is 4.85. The maximum absolute atomic E-state index is 12.0. The number of esters is 1. The van der Waals surface area contributed by atoms with E-state index in [0.717, 1.165) is 18.8 Å². The minimum absolute atomic E-state index is 0.100. The van der Waals surface area contributed by atoms with Gasteiger partial charge < -0.3 is 19.7 Å². The monoisotopic (exact) mass is 408 g/mol. The lowest BCUT2D eigenvalue weighted by atomic mass is 10.2. The van der Waals surface area contributed by atoms with E-state index in [-0.39, 0.29) is 15.6 Å². The third-order valence-electron chi connectivity index (χ3n) is 4.03. The number of nitrogens with zero attached hydrogens (tertiary/aromatic N) is 1. The Morgan fingerprint density at radius 2 is 1.78 bits per heavy atom. The van der Waals surface area contributed by atoms with Crippen molar-refractivity contribution in [1.29, 1.82) is 0 Å². The van der Waals surface area contributed by atoms with Gasteiger partial charge >= 0.3 is 5.97 Å². The molecule has 0 atom stereocenters. The summed E-state index contributed by atoms with van der Waals surface area (Å²) in [5, 5.41) is 3.03. The van der Waals surface area contributed by atoms with Crippen LogP contribution in [0.5, 0.6) is 0 Å². The summed E-state index contributed by atoms with van der Waals surface area (Å²) in [4.78, 5) is 26.3. The quantitative estimate of drug-likeness (QED) is 0.765. The number of morpholine rings is 1. The van der Waals surface area contributed by atoms with Crippen LogP contribution in [0.3, 0.4) is 0 Å². The number of ether oxygens (including phenoxy) is 2. The highest BCUT2D eigenvalue weighted by Crippen LogP contribution is 2.26. The van der Waals surface area contributed by atoms with Gasteiger partial charge in [-0.2, -0.15) is 0 Å². The number of rotatable bonds is 5. The third kappa shape index (κ3) is 5.13. The average molecular weight is 409 g/mol. The van der Waals surface area contributed by atoms with Crippen LogP contribution in [0, 0.1) is 0 Å². The molecule has 0 radical (unpaired) electrons. The summed E-state index contributed by atoms with van der Waals surface area (Å²) in [5.74, 6) is -1.15. The standard InChI is InChI=1S/C19H18Cl2N2O4/c20-16-3-1-2-15(18(16)21)19(25)27-12-17(24)22-13-4-6-14(7-5-13)23-8-10-26-11-9-23/h1-7H,8-12H2,(H,22,24). The maximum atomic E-state index is 12.0. The second-order valence-corrected chi connectivity index (χ2v) is 6.66. The van der Waals surface area contributed by atoms with Gasteiger partial charge in [0.05, 0.1) is 28.8 Å². The molecule has 1 aliphatic heterocycles. The van der Waals surface area contributed by atoms with E-state index in [2.05, 4.69) is 10.2 Å². The number of anilines is 2. The Hall–Kier alpha value is -2.28. The maximum Gasteiger partial charge on any atom is 0.340 e. The number of halogens is 2. The van der Waals surface area contributed by atoms with Crippen molar-refractivity contribution in [2.45, 2.75) is 0 Å². The first-order chi connectivity index (χ1) is 13.0. The molecule has 0 unspecified atom stereocenters. The molecule has 142 valence electrons. The number of hydrogen-bond donors (Lipinski definition) is 1. The highest BCUT2D eigenvalue weighted by atomic mass is 35.5. The van der Waals surface area contributed by atoms with Crippen molar-refractivity contribution in [1.82, 2.24) is 0 Å². The molecule has 27 heavy (non-hydrogen) atoms. The van der Waals surface area contributed by atoms with E-state index in [1.165, 1.54) is 6.07 Å². The van der Waals surface area contributed by atoms with E-state index in [9.17, 15) is 9.59 Å². The van der Waals surface area contributed by atoms with Crippen molar-refractivity contribution in [2.24, 2.45) is 0 Å². The Balaban J connectivity index is 1.51. The fourth-order valence-corrected chi connectivity index (χ4v) is 3.02. The molecule has 6 nitrogen and oxygen atoms in total. The molecule has 0 bridgehead atoms. The fraction of sp³-hybridized carbons (Fsp3) is 0.263. The van der Waals surface area contributed by atoms with E-state index in [0.29, 0.717) is 18.9 Å². The normalized spacial score (nSPS) is 13.9.